The summed E-state index contributed by atoms with van der Waals surface area (Å²) in [6.45, 7) is 7.08. The molecule has 78 valence electrons. The molecule has 0 aliphatic carbocycles. The maximum atomic E-state index is 11.0. The van der Waals surface area contributed by atoms with Crippen molar-refractivity contribution >= 4 is 12.0 Å². The molecular formula is C9H13NO4. The Kier molecular flexibility index (Phi) is 6.07. The van der Waals surface area contributed by atoms with Gasteiger partial charge in [0.15, 0.2) is 5.76 Å². The van der Waals surface area contributed by atoms with E-state index < -0.39 is 5.97 Å². The van der Waals surface area contributed by atoms with E-state index in [1.54, 1.807) is 13.8 Å². The van der Waals surface area contributed by atoms with E-state index in [1.165, 1.54) is 6.08 Å². The maximum absolute atomic E-state index is 11.0. The van der Waals surface area contributed by atoms with Crippen molar-refractivity contribution in [3.05, 3.63) is 12.3 Å². The number of nitrogens with zero attached hydrogens (tertiary/aromatic N) is 1. The predicted molar refractivity (Wildman–Crippen MR) is 49.3 cm³/mol. The second kappa shape index (κ2) is 6.86. The van der Waals surface area contributed by atoms with Gasteiger partial charge in [0.2, 0.25) is 6.08 Å². The molecule has 0 amide bonds. The summed E-state index contributed by atoms with van der Waals surface area (Å²) in [4.78, 5) is 24.2. The molecule has 0 spiro atoms. The molecule has 1 unspecified atom stereocenters. The first-order chi connectivity index (χ1) is 6.61. The minimum absolute atomic E-state index is 0.0835. The molecule has 0 aliphatic heterocycles. The van der Waals surface area contributed by atoms with E-state index in [-0.39, 0.29) is 25.0 Å². The van der Waals surface area contributed by atoms with Crippen molar-refractivity contribution in [3.63, 3.8) is 0 Å². The number of esters is 1. The molecule has 0 N–H and O–H groups in total. The average Bonchev–Trinajstić information content (AvgIpc) is 2.15. The summed E-state index contributed by atoms with van der Waals surface area (Å²) in [6, 6.07) is -0.348. The molecule has 0 heterocycles. The summed E-state index contributed by atoms with van der Waals surface area (Å²) in [7, 11) is 0. The Morgan fingerprint density at radius 2 is 2.21 bits per heavy atom. The zero-order chi connectivity index (χ0) is 11.0. The van der Waals surface area contributed by atoms with Gasteiger partial charge in [0, 0.05) is 0 Å². The lowest BCUT2D eigenvalue weighted by Gasteiger charge is -2.09. The van der Waals surface area contributed by atoms with Crippen LogP contribution < -0.4 is 0 Å². The first-order valence-corrected chi connectivity index (χ1v) is 4.17. The van der Waals surface area contributed by atoms with Gasteiger partial charge in [-0.15, -0.1) is 0 Å². The van der Waals surface area contributed by atoms with Gasteiger partial charge in [0.05, 0.1) is 12.6 Å². The maximum Gasteiger partial charge on any atom is 0.372 e. The van der Waals surface area contributed by atoms with Crippen LogP contribution in [0.4, 0.5) is 0 Å². The lowest BCUT2D eigenvalue weighted by atomic mass is 10.4. The summed E-state index contributed by atoms with van der Waals surface area (Å²) in [6.07, 6.45) is 1.39. The first-order valence-electron chi connectivity index (χ1n) is 4.17. The first kappa shape index (κ1) is 12.4. The van der Waals surface area contributed by atoms with Crippen LogP contribution in [0.15, 0.2) is 17.3 Å². The summed E-state index contributed by atoms with van der Waals surface area (Å²) >= 11 is 0. The monoisotopic (exact) mass is 199 g/mol. The number of carbonyl (C=O) groups is 1. The van der Waals surface area contributed by atoms with Gasteiger partial charge < -0.3 is 9.47 Å². The molecule has 0 aromatic carbocycles. The Labute approximate surface area is 82.4 Å². The number of isocyanates is 1. The predicted octanol–water partition coefficient (Wildman–Crippen LogP) is 0.804. The zero-order valence-corrected chi connectivity index (χ0v) is 8.28. The Hall–Kier alpha value is -1.61. The van der Waals surface area contributed by atoms with Crippen molar-refractivity contribution in [1.29, 1.82) is 0 Å². The number of carbonyl (C=O) groups excluding carboxylic acids is 2. The van der Waals surface area contributed by atoms with Crippen LogP contribution in [0.3, 0.4) is 0 Å². The van der Waals surface area contributed by atoms with Gasteiger partial charge in [-0.3, -0.25) is 0 Å². The molecule has 0 bridgehead atoms. The number of ether oxygens (including phenoxy) is 2. The summed E-state index contributed by atoms with van der Waals surface area (Å²) < 4.78 is 9.55. The second-order valence-electron chi connectivity index (χ2n) is 2.52. The molecule has 5 heteroatoms. The van der Waals surface area contributed by atoms with Crippen LogP contribution >= 0.6 is 0 Å². The third-order valence-corrected chi connectivity index (χ3v) is 1.27. The largest absolute Gasteiger partial charge is 0.485 e. The van der Waals surface area contributed by atoms with Crippen molar-refractivity contribution in [3.8, 4) is 0 Å². The fourth-order valence-electron chi connectivity index (χ4n) is 0.619. The van der Waals surface area contributed by atoms with Gasteiger partial charge in [-0.1, -0.05) is 0 Å². The average molecular weight is 199 g/mol. The van der Waals surface area contributed by atoms with E-state index in [2.05, 4.69) is 16.3 Å². The molecule has 0 fully saturated rings. The minimum atomic E-state index is -0.602. The van der Waals surface area contributed by atoms with Gasteiger partial charge in [-0.2, -0.15) is 4.99 Å². The van der Waals surface area contributed by atoms with E-state index in [4.69, 9.17) is 4.74 Å². The van der Waals surface area contributed by atoms with Crippen LogP contribution in [-0.2, 0) is 19.1 Å². The molecule has 0 rings (SSSR count). The molecule has 14 heavy (non-hydrogen) atoms. The zero-order valence-electron chi connectivity index (χ0n) is 8.28. The van der Waals surface area contributed by atoms with Gasteiger partial charge in [-0.05, 0) is 20.4 Å². The molecule has 0 saturated carbocycles. The molecule has 5 nitrogen and oxygen atoms in total. The highest BCUT2D eigenvalue weighted by Gasteiger charge is 2.10. The Morgan fingerprint density at radius 3 is 2.71 bits per heavy atom. The number of hydrogen-bond donors (Lipinski definition) is 0. The van der Waals surface area contributed by atoms with Gasteiger partial charge in [0.1, 0.15) is 6.61 Å². The SMILES string of the molecule is C=C(OCC(C)N=C=O)C(=O)OCC. The topological polar surface area (TPSA) is 65.0 Å². The quantitative estimate of drug-likeness (QED) is 0.209. The standard InChI is InChI=1S/C9H13NO4/c1-4-13-9(12)8(3)14-5-7(2)10-6-11/h7H,3-5H2,1-2H3. The second-order valence-corrected chi connectivity index (χ2v) is 2.52. The van der Waals surface area contributed by atoms with E-state index >= 15 is 0 Å². The molecule has 0 aromatic heterocycles. The number of aliphatic imine (C=N–C) groups is 1. The van der Waals surface area contributed by atoms with Crippen LogP contribution in [0, 0.1) is 0 Å². The number of hydrogen-bond acceptors (Lipinski definition) is 5. The van der Waals surface area contributed by atoms with E-state index in [9.17, 15) is 9.59 Å². The van der Waals surface area contributed by atoms with Crippen molar-refractivity contribution < 1.29 is 19.1 Å². The molecule has 0 saturated heterocycles. The highest BCUT2D eigenvalue weighted by Crippen LogP contribution is 2.00. The Bertz CT molecular complexity index is 256. The fourth-order valence-corrected chi connectivity index (χ4v) is 0.619. The highest BCUT2D eigenvalue weighted by molar-refractivity contribution is 5.85. The summed E-state index contributed by atoms with van der Waals surface area (Å²) in [5, 5.41) is 0. The van der Waals surface area contributed by atoms with Crippen molar-refractivity contribution in [2.24, 2.45) is 4.99 Å². The lowest BCUT2D eigenvalue weighted by molar-refractivity contribution is -0.142. The fraction of sp³-hybridized carbons (Fsp3) is 0.556. The molecular weight excluding hydrogens is 186 g/mol. The summed E-state index contributed by atoms with van der Waals surface area (Å²) in [5.41, 5.74) is 0. The smallest absolute Gasteiger partial charge is 0.372 e. The van der Waals surface area contributed by atoms with E-state index in [0.717, 1.165) is 0 Å². The van der Waals surface area contributed by atoms with E-state index in [0.29, 0.717) is 0 Å². The third kappa shape index (κ3) is 5.11. The van der Waals surface area contributed by atoms with Crippen LogP contribution in [-0.4, -0.2) is 31.3 Å². The van der Waals surface area contributed by atoms with Crippen molar-refractivity contribution in [2.75, 3.05) is 13.2 Å². The Morgan fingerprint density at radius 1 is 1.57 bits per heavy atom. The van der Waals surface area contributed by atoms with Crippen LogP contribution in [0.2, 0.25) is 0 Å². The van der Waals surface area contributed by atoms with Crippen molar-refractivity contribution in [1.82, 2.24) is 0 Å². The lowest BCUT2D eigenvalue weighted by Crippen LogP contribution is -2.14. The minimum Gasteiger partial charge on any atom is -0.485 e. The van der Waals surface area contributed by atoms with Crippen LogP contribution in [0.1, 0.15) is 13.8 Å². The van der Waals surface area contributed by atoms with Gasteiger partial charge in [0.25, 0.3) is 0 Å². The molecule has 0 aliphatic rings. The summed E-state index contributed by atoms with van der Waals surface area (Å²) in [5.74, 6) is -0.686. The van der Waals surface area contributed by atoms with Gasteiger partial charge in [-0.25, -0.2) is 9.59 Å². The molecule has 0 aromatic rings. The third-order valence-electron chi connectivity index (χ3n) is 1.27. The van der Waals surface area contributed by atoms with E-state index in [1.807, 2.05) is 0 Å². The molecule has 1 atom stereocenters. The van der Waals surface area contributed by atoms with Crippen molar-refractivity contribution in [2.45, 2.75) is 19.9 Å². The van der Waals surface area contributed by atoms with Gasteiger partial charge >= 0.3 is 5.97 Å². The number of rotatable bonds is 6. The normalized spacial score (nSPS) is 11.0. The molecule has 0 radical (unpaired) electrons. The van der Waals surface area contributed by atoms with Crippen LogP contribution in [0.25, 0.3) is 0 Å². The Balaban J connectivity index is 3.84. The highest BCUT2D eigenvalue weighted by atomic mass is 16.6. The van der Waals surface area contributed by atoms with Crippen LogP contribution in [0.5, 0.6) is 0 Å².